The van der Waals surface area contributed by atoms with Gasteiger partial charge in [0.2, 0.25) is 5.95 Å². The number of methoxy groups -OCH3 is 2. The van der Waals surface area contributed by atoms with Crippen LogP contribution in [0.3, 0.4) is 0 Å². The van der Waals surface area contributed by atoms with Gasteiger partial charge in [-0.15, -0.1) is 0 Å². The van der Waals surface area contributed by atoms with E-state index in [4.69, 9.17) is 21.1 Å². The van der Waals surface area contributed by atoms with E-state index >= 15 is 0 Å². The predicted octanol–water partition coefficient (Wildman–Crippen LogP) is 4.10. The third kappa shape index (κ3) is 2.97. The van der Waals surface area contributed by atoms with E-state index in [2.05, 4.69) is 15.4 Å². The van der Waals surface area contributed by atoms with Crippen molar-refractivity contribution in [3.8, 4) is 11.5 Å². The summed E-state index contributed by atoms with van der Waals surface area (Å²) in [5.41, 5.74) is 2.20. The molecule has 1 aliphatic heterocycles. The molecule has 0 bridgehead atoms. The molecule has 26 heavy (non-hydrogen) atoms. The van der Waals surface area contributed by atoms with Crippen LogP contribution in [0.15, 0.2) is 48.8 Å². The van der Waals surface area contributed by atoms with Crippen molar-refractivity contribution in [3.63, 3.8) is 0 Å². The highest BCUT2D eigenvalue weighted by Crippen LogP contribution is 2.41. The van der Waals surface area contributed by atoms with Crippen LogP contribution in [0.25, 0.3) is 0 Å². The van der Waals surface area contributed by atoms with E-state index in [0.717, 1.165) is 40.0 Å². The number of nitrogens with zero attached hydrogens (tertiary/aromatic N) is 3. The lowest BCUT2D eigenvalue weighted by molar-refractivity contribution is 0.371. The lowest BCUT2D eigenvalue weighted by Gasteiger charge is -2.32. The first-order valence-electron chi connectivity index (χ1n) is 8.33. The highest BCUT2D eigenvalue weighted by atomic mass is 35.5. The molecule has 0 spiro atoms. The van der Waals surface area contributed by atoms with Gasteiger partial charge in [0.25, 0.3) is 0 Å². The number of ether oxygens (including phenoxy) is 2. The van der Waals surface area contributed by atoms with Gasteiger partial charge in [-0.1, -0.05) is 23.7 Å². The number of benzene rings is 2. The predicted molar refractivity (Wildman–Crippen MR) is 100 cm³/mol. The van der Waals surface area contributed by atoms with Crippen molar-refractivity contribution in [2.24, 2.45) is 0 Å². The quantitative estimate of drug-likeness (QED) is 0.749. The van der Waals surface area contributed by atoms with Crippen LogP contribution in [0.2, 0.25) is 5.02 Å². The summed E-state index contributed by atoms with van der Waals surface area (Å²) in [6.07, 6.45) is 2.37. The average Bonchev–Trinajstić information content (AvgIpc) is 3.16. The van der Waals surface area contributed by atoms with Crippen LogP contribution in [-0.4, -0.2) is 29.0 Å². The molecule has 2 atom stereocenters. The van der Waals surface area contributed by atoms with Gasteiger partial charge in [0.15, 0.2) is 0 Å². The first-order chi connectivity index (χ1) is 12.7. The lowest BCUT2D eigenvalue weighted by atomic mass is 9.93. The Kier molecular flexibility index (Phi) is 4.42. The van der Waals surface area contributed by atoms with E-state index in [1.807, 2.05) is 47.1 Å². The normalized spacial score (nSPS) is 18.7. The van der Waals surface area contributed by atoms with Crippen molar-refractivity contribution in [2.45, 2.75) is 18.5 Å². The standard InChI is InChI=1S/C19H19ClN4O2/c1-25-14-7-8-15(18(9-14)26-2)17-10-16(12-3-5-13(20)6-4-12)23-19-21-11-22-24(17)19/h3-9,11,16-17H,10H2,1-2H3,(H,21,22,23)/t16-,17+/m1/s1. The molecule has 134 valence electrons. The molecule has 6 nitrogen and oxygen atoms in total. The van der Waals surface area contributed by atoms with Gasteiger partial charge in [0.1, 0.15) is 17.8 Å². The fraction of sp³-hybridized carbons (Fsp3) is 0.263. The molecule has 0 saturated heterocycles. The Morgan fingerprint density at radius 1 is 1.12 bits per heavy atom. The number of anilines is 1. The summed E-state index contributed by atoms with van der Waals surface area (Å²) in [4.78, 5) is 4.36. The molecular formula is C19H19ClN4O2. The van der Waals surface area contributed by atoms with Gasteiger partial charge >= 0.3 is 0 Å². The monoisotopic (exact) mass is 370 g/mol. The Morgan fingerprint density at radius 2 is 1.92 bits per heavy atom. The van der Waals surface area contributed by atoms with Crippen LogP contribution >= 0.6 is 11.6 Å². The first-order valence-corrected chi connectivity index (χ1v) is 8.71. The van der Waals surface area contributed by atoms with E-state index in [0.29, 0.717) is 0 Å². The van der Waals surface area contributed by atoms with E-state index in [-0.39, 0.29) is 12.1 Å². The highest BCUT2D eigenvalue weighted by molar-refractivity contribution is 6.30. The van der Waals surface area contributed by atoms with Crippen molar-refractivity contribution in [3.05, 3.63) is 64.9 Å². The van der Waals surface area contributed by atoms with Gasteiger partial charge in [-0.2, -0.15) is 10.1 Å². The van der Waals surface area contributed by atoms with Crippen LogP contribution in [-0.2, 0) is 0 Å². The third-order valence-corrected chi connectivity index (χ3v) is 4.95. The van der Waals surface area contributed by atoms with E-state index in [1.54, 1.807) is 20.5 Å². The van der Waals surface area contributed by atoms with Crippen molar-refractivity contribution >= 4 is 17.5 Å². The largest absolute Gasteiger partial charge is 0.497 e. The lowest BCUT2D eigenvalue weighted by Crippen LogP contribution is -2.28. The Labute approximate surface area is 156 Å². The number of nitrogens with one attached hydrogen (secondary N) is 1. The Morgan fingerprint density at radius 3 is 2.65 bits per heavy atom. The molecule has 2 heterocycles. The Hall–Kier alpha value is -2.73. The van der Waals surface area contributed by atoms with Gasteiger partial charge in [-0.05, 0) is 36.2 Å². The number of hydrogen-bond donors (Lipinski definition) is 1. The smallest absolute Gasteiger partial charge is 0.222 e. The van der Waals surface area contributed by atoms with Crippen molar-refractivity contribution in [2.75, 3.05) is 19.5 Å². The molecule has 1 N–H and O–H groups in total. The van der Waals surface area contributed by atoms with Gasteiger partial charge < -0.3 is 14.8 Å². The first kappa shape index (κ1) is 16.7. The SMILES string of the molecule is COc1ccc([C@@H]2C[C@H](c3ccc(Cl)cc3)Nc3ncnn32)c(OC)c1. The molecule has 0 unspecified atom stereocenters. The summed E-state index contributed by atoms with van der Waals surface area (Å²) in [6.45, 7) is 0. The van der Waals surface area contributed by atoms with E-state index in [9.17, 15) is 0 Å². The minimum absolute atomic E-state index is 0.00437. The highest BCUT2D eigenvalue weighted by Gasteiger charge is 2.31. The second-order valence-corrected chi connectivity index (χ2v) is 6.57. The minimum atomic E-state index is -0.00437. The zero-order chi connectivity index (χ0) is 18.1. The molecule has 0 saturated carbocycles. The van der Waals surface area contributed by atoms with Crippen LogP contribution in [0.1, 0.15) is 29.6 Å². The maximum Gasteiger partial charge on any atom is 0.222 e. The molecule has 1 aliphatic rings. The van der Waals surface area contributed by atoms with Crippen LogP contribution < -0.4 is 14.8 Å². The molecule has 4 rings (SSSR count). The van der Waals surface area contributed by atoms with Gasteiger partial charge in [0, 0.05) is 16.7 Å². The van der Waals surface area contributed by atoms with Gasteiger partial charge in [0.05, 0.1) is 26.3 Å². The Bertz CT molecular complexity index is 910. The van der Waals surface area contributed by atoms with Crippen LogP contribution in [0.5, 0.6) is 11.5 Å². The average molecular weight is 371 g/mol. The number of halogens is 1. The van der Waals surface area contributed by atoms with Crippen molar-refractivity contribution in [1.29, 1.82) is 0 Å². The summed E-state index contributed by atoms with van der Waals surface area (Å²) in [5.74, 6) is 2.26. The second-order valence-electron chi connectivity index (χ2n) is 6.14. The summed E-state index contributed by atoms with van der Waals surface area (Å²) < 4.78 is 12.8. The zero-order valence-electron chi connectivity index (χ0n) is 14.5. The maximum atomic E-state index is 6.03. The molecular weight excluding hydrogens is 352 g/mol. The summed E-state index contributed by atoms with van der Waals surface area (Å²) in [5, 5.41) is 8.59. The molecule has 0 amide bonds. The summed E-state index contributed by atoms with van der Waals surface area (Å²) in [6, 6.07) is 13.8. The topological polar surface area (TPSA) is 61.2 Å². The molecule has 0 radical (unpaired) electrons. The maximum absolute atomic E-state index is 6.03. The minimum Gasteiger partial charge on any atom is -0.497 e. The van der Waals surface area contributed by atoms with Crippen molar-refractivity contribution < 1.29 is 9.47 Å². The van der Waals surface area contributed by atoms with Crippen LogP contribution in [0.4, 0.5) is 5.95 Å². The van der Waals surface area contributed by atoms with E-state index < -0.39 is 0 Å². The third-order valence-electron chi connectivity index (χ3n) is 4.70. The molecule has 1 aromatic heterocycles. The van der Waals surface area contributed by atoms with E-state index in [1.165, 1.54) is 0 Å². The van der Waals surface area contributed by atoms with Crippen LogP contribution in [0, 0.1) is 0 Å². The summed E-state index contributed by atoms with van der Waals surface area (Å²) >= 11 is 6.03. The fourth-order valence-electron chi connectivity index (χ4n) is 3.39. The number of rotatable bonds is 4. The number of hydrogen-bond acceptors (Lipinski definition) is 5. The number of fused-ring (bicyclic) bond motifs is 1. The summed E-state index contributed by atoms with van der Waals surface area (Å²) in [7, 11) is 3.31. The Balaban J connectivity index is 1.75. The molecule has 0 aliphatic carbocycles. The second kappa shape index (κ2) is 6.88. The van der Waals surface area contributed by atoms with Crippen molar-refractivity contribution in [1.82, 2.24) is 14.8 Å². The zero-order valence-corrected chi connectivity index (χ0v) is 15.3. The molecule has 0 fully saturated rings. The molecule has 7 heteroatoms. The van der Waals surface area contributed by atoms with Gasteiger partial charge in [-0.3, -0.25) is 0 Å². The fourth-order valence-corrected chi connectivity index (χ4v) is 3.51. The molecule has 3 aromatic rings. The number of aromatic nitrogens is 3. The van der Waals surface area contributed by atoms with Gasteiger partial charge in [-0.25, -0.2) is 4.68 Å². The molecule has 2 aromatic carbocycles.